The fourth-order valence-electron chi connectivity index (χ4n) is 4.09. The van der Waals surface area contributed by atoms with E-state index in [0.717, 1.165) is 16.5 Å². The first kappa shape index (κ1) is 25.3. The smallest absolute Gasteiger partial charge is 0.326 e. The van der Waals surface area contributed by atoms with Gasteiger partial charge in [-0.15, -0.1) is 0 Å². The van der Waals surface area contributed by atoms with E-state index < -0.39 is 11.9 Å². The number of hydrogen-bond acceptors (Lipinski definition) is 6. The summed E-state index contributed by atoms with van der Waals surface area (Å²) in [4.78, 5) is 44.2. The first-order valence-electron chi connectivity index (χ1n) is 11.7. The number of esters is 1. The van der Waals surface area contributed by atoms with E-state index in [2.05, 4.69) is 4.98 Å². The summed E-state index contributed by atoms with van der Waals surface area (Å²) in [5.41, 5.74) is 8.88. The molecule has 9 heteroatoms. The Labute approximate surface area is 214 Å². The molecule has 0 aliphatic heterocycles. The number of aromatic nitrogens is 2. The van der Waals surface area contributed by atoms with E-state index in [9.17, 15) is 14.4 Å². The standard InChI is InChI=1S/C28H27N5O4/c1-3-37-26(35)17-33(28(36)23-6-4-5-13-31-23)20-11-12-21-22(16-32(2)24(21)15-20)25(34)14-18-7-9-19(10-8-18)27(29)30/h4-13,15-16H,3,14,17H2,1-2H3,(H3,29,30). The summed E-state index contributed by atoms with van der Waals surface area (Å²) in [6.07, 6.45) is 3.46. The van der Waals surface area contributed by atoms with Gasteiger partial charge < -0.3 is 15.0 Å². The van der Waals surface area contributed by atoms with Crippen molar-refractivity contribution in [1.82, 2.24) is 9.55 Å². The number of rotatable bonds is 9. The van der Waals surface area contributed by atoms with Gasteiger partial charge in [0.05, 0.1) is 12.1 Å². The number of nitrogen functional groups attached to an aromatic ring is 1. The zero-order valence-electron chi connectivity index (χ0n) is 20.6. The Balaban J connectivity index is 1.66. The molecule has 0 aliphatic carbocycles. The van der Waals surface area contributed by atoms with Crippen LogP contribution in [-0.2, 0) is 23.0 Å². The van der Waals surface area contributed by atoms with E-state index in [0.29, 0.717) is 16.8 Å². The molecular weight excluding hydrogens is 470 g/mol. The third kappa shape index (κ3) is 5.56. The number of Topliss-reactive ketones (excluding diaryl/α,β-unsaturated/α-hetero) is 1. The molecule has 4 rings (SSSR count). The largest absolute Gasteiger partial charge is 0.465 e. The number of anilines is 1. The lowest BCUT2D eigenvalue weighted by atomic mass is 10.0. The number of nitrogens with zero attached hydrogens (tertiary/aromatic N) is 3. The molecule has 0 spiro atoms. The van der Waals surface area contributed by atoms with E-state index in [1.165, 1.54) is 11.1 Å². The summed E-state index contributed by atoms with van der Waals surface area (Å²) in [6.45, 7) is 1.63. The van der Waals surface area contributed by atoms with Crippen LogP contribution in [0.4, 0.5) is 5.69 Å². The number of amidine groups is 1. The highest BCUT2D eigenvalue weighted by Gasteiger charge is 2.24. The number of ether oxygens (including phenoxy) is 1. The monoisotopic (exact) mass is 497 g/mol. The van der Waals surface area contributed by atoms with Crippen molar-refractivity contribution in [3.63, 3.8) is 0 Å². The van der Waals surface area contributed by atoms with Crippen molar-refractivity contribution in [2.24, 2.45) is 12.8 Å². The third-order valence-corrected chi connectivity index (χ3v) is 5.94. The number of aryl methyl sites for hydroxylation is 1. The maximum atomic E-state index is 13.3. The molecule has 0 radical (unpaired) electrons. The molecule has 37 heavy (non-hydrogen) atoms. The highest BCUT2D eigenvalue weighted by atomic mass is 16.5. The quantitative estimate of drug-likeness (QED) is 0.157. The van der Waals surface area contributed by atoms with E-state index in [4.69, 9.17) is 15.9 Å². The number of nitrogens with two attached hydrogens (primary N) is 1. The molecule has 9 nitrogen and oxygen atoms in total. The van der Waals surface area contributed by atoms with Crippen LogP contribution in [0.2, 0.25) is 0 Å². The lowest BCUT2D eigenvalue weighted by molar-refractivity contribution is -0.141. The van der Waals surface area contributed by atoms with Gasteiger partial charge in [-0.25, -0.2) is 0 Å². The van der Waals surface area contributed by atoms with Crippen molar-refractivity contribution in [3.8, 4) is 0 Å². The van der Waals surface area contributed by atoms with Crippen LogP contribution in [0.1, 0.15) is 38.9 Å². The lowest BCUT2D eigenvalue weighted by Gasteiger charge is -2.22. The zero-order chi connectivity index (χ0) is 26.5. The maximum Gasteiger partial charge on any atom is 0.326 e. The van der Waals surface area contributed by atoms with Crippen LogP contribution in [0.3, 0.4) is 0 Å². The molecule has 188 valence electrons. The second-order valence-corrected chi connectivity index (χ2v) is 8.48. The van der Waals surface area contributed by atoms with Crippen LogP contribution in [0.25, 0.3) is 10.9 Å². The van der Waals surface area contributed by atoms with Gasteiger partial charge >= 0.3 is 5.97 Å². The number of carbonyl (C=O) groups is 3. The maximum absolute atomic E-state index is 13.3. The Hall–Kier alpha value is -4.79. The number of benzene rings is 2. The minimum Gasteiger partial charge on any atom is -0.465 e. The van der Waals surface area contributed by atoms with Crippen LogP contribution in [0.15, 0.2) is 73.1 Å². The molecular formula is C28H27N5O4. The van der Waals surface area contributed by atoms with Crippen molar-refractivity contribution in [1.29, 1.82) is 5.41 Å². The molecule has 0 aliphatic rings. The average Bonchev–Trinajstić information content (AvgIpc) is 3.23. The van der Waals surface area contributed by atoms with Crippen molar-refractivity contribution in [3.05, 3.63) is 95.4 Å². The molecule has 4 aromatic rings. The van der Waals surface area contributed by atoms with Crippen molar-refractivity contribution in [2.75, 3.05) is 18.1 Å². The van der Waals surface area contributed by atoms with Gasteiger partial charge in [0.15, 0.2) is 5.78 Å². The summed E-state index contributed by atoms with van der Waals surface area (Å²) in [7, 11) is 1.82. The van der Waals surface area contributed by atoms with Gasteiger partial charge in [0.1, 0.15) is 18.1 Å². The Morgan fingerprint density at radius 3 is 2.49 bits per heavy atom. The Kier molecular flexibility index (Phi) is 7.43. The molecule has 2 aromatic heterocycles. The predicted molar refractivity (Wildman–Crippen MR) is 141 cm³/mol. The van der Waals surface area contributed by atoms with E-state index in [1.54, 1.807) is 73.8 Å². The summed E-state index contributed by atoms with van der Waals surface area (Å²) in [5.74, 6) is -1.07. The molecule has 0 saturated heterocycles. The zero-order valence-corrected chi connectivity index (χ0v) is 20.6. The molecule has 3 N–H and O–H groups in total. The van der Waals surface area contributed by atoms with Crippen LogP contribution in [0.5, 0.6) is 0 Å². The van der Waals surface area contributed by atoms with Crippen LogP contribution < -0.4 is 10.6 Å². The van der Waals surface area contributed by atoms with E-state index in [1.807, 2.05) is 11.6 Å². The van der Waals surface area contributed by atoms with Gasteiger partial charge in [-0.3, -0.25) is 29.7 Å². The van der Waals surface area contributed by atoms with E-state index >= 15 is 0 Å². The van der Waals surface area contributed by atoms with Gasteiger partial charge in [0, 0.05) is 48.1 Å². The summed E-state index contributed by atoms with van der Waals surface area (Å²) in [6, 6.07) is 17.3. The fraction of sp³-hybridized carbons (Fsp3) is 0.179. The summed E-state index contributed by atoms with van der Waals surface area (Å²) >= 11 is 0. The number of hydrogen-bond donors (Lipinski definition) is 2. The first-order valence-corrected chi connectivity index (χ1v) is 11.7. The van der Waals surface area contributed by atoms with Gasteiger partial charge in [0.2, 0.25) is 0 Å². The fourth-order valence-corrected chi connectivity index (χ4v) is 4.09. The van der Waals surface area contributed by atoms with Crippen LogP contribution in [-0.4, -0.2) is 46.2 Å². The van der Waals surface area contributed by atoms with Crippen molar-refractivity contribution < 1.29 is 19.1 Å². The highest BCUT2D eigenvalue weighted by Crippen LogP contribution is 2.28. The minimum atomic E-state index is -0.537. The summed E-state index contributed by atoms with van der Waals surface area (Å²) in [5, 5.41) is 8.24. The van der Waals surface area contributed by atoms with Gasteiger partial charge in [0.25, 0.3) is 5.91 Å². The highest BCUT2D eigenvalue weighted by molar-refractivity contribution is 6.11. The number of nitrogens with one attached hydrogen (secondary N) is 1. The number of amides is 1. The SMILES string of the molecule is CCOC(=O)CN(C(=O)c1ccccn1)c1ccc2c(C(=O)Cc3ccc(C(=N)N)cc3)cn(C)c2c1. The third-order valence-electron chi connectivity index (χ3n) is 5.94. The summed E-state index contributed by atoms with van der Waals surface area (Å²) < 4.78 is 6.90. The molecule has 0 atom stereocenters. The normalized spacial score (nSPS) is 10.8. The second-order valence-electron chi connectivity index (χ2n) is 8.48. The minimum absolute atomic E-state index is 0.0266. The van der Waals surface area contributed by atoms with Crippen LogP contribution >= 0.6 is 0 Å². The Bertz CT molecular complexity index is 1480. The molecule has 0 fully saturated rings. The molecule has 0 saturated carbocycles. The van der Waals surface area contributed by atoms with Gasteiger partial charge in [-0.1, -0.05) is 36.4 Å². The molecule has 0 bridgehead atoms. The van der Waals surface area contributed by atoms with E-state index in [-0.39, 0.29) is 36.9 Å². The second kappa shape index (κ2) is 10.9. The molecule has 0 unspecified atom stereocenters. The first-order chi connectivity index (χ1) is 17.8. The molecule has 1 amide bonds. The molecule has 2 aromatic carbocycles. The Morgan fingerprint density at radius 1 is 1.08 bits per heavy atom. The number of pyridine rings is 1. The topological polar surface area (TPSA) is 131 Å². The number of ketones is 1. The Morgan fingerprint density at radius 2 is 1.84 bits per heavy atom. The van der Waals surface area contributed by atoms with Crippen molar-refractivity contribution >= 4 is 40.1 Å². The van der Waals surface area contributed by atoms with Crippen molar-refractivity contribution in [2.45, 2.75) is 13.3 Å². The molecule has 2 heterocycles. The van der Waals surface area contributed by atoms with Gasteiger partial charge in [-0.2, -0.15) is 0 Å². The predicted octanol–water partition coefficient (Wildman–Crippen LogP) is 3.49. The lowest BCUT2D eigenvalue weighted by Crippen LogP contribution is -2.37. The number of fused-ring (bicyclic) bond motifs is 1. The van der Waals surface area contributed by atoms with Crippen LogP contribution in [0, 0.1) is 5.41 Å². The number of carbonyl (C=O) groups excluding carboxylic acids is 3. The van der Waals surface area contributed by atoms with Gasteiger partial charge in [-0.05, 0) is 36.8 Å². The average molecular weight is 498 g/mol.